The number of aliphatic hydroxyl groups excluding tert-OH is 1. The highest BCUT2D eigenvalue weighted by molar-refractivity contribution is 7.53. The van der Waals surface area contributed by atoms with Gasteiger partial charge >= 0.3 is 7.60 Å². The van der Waals surface area contributed by atoms with Crippen molar-refractivity contribution in [1.29, 1.82) is 0 Å². The van der Waals surface area contributed by atoms with Gasteiger partial charge < -0.3 is 14.2 Å². The molecule has 0 spiro atoms. The molecule has 140 valence electrons. The van der Waals surface area contributed by atoms with Crippen molar-refractivity contribution in [1.82, 2.24) is 0 Å². The van der Waals surface area contributed by atoms with Gasteiger partial charge in [-0.25, -0.2) is 0 Å². The fraction of sp³-hybridized carbons (Fsp3) is 1.00. The maximum Gasteiger partial charge on any atom is 0.330 e. The summed E-state index contributed by atoms with van der Waals surface area (Å²) in [5, 5.41) is 11.1. The van der Waals surface area contributed by atoms with Crippen LogP contribution in [0, 0.1) is 34.5 Å². The molecule has 0 unspecified atom stereocenters. The first-order valence-electron chi connectivity index (χ1n) is 9.57. The van der Waals surface area contributed by atoms with Crippen LogP contribution in [0.2, 0.25) is 0 Å². The maximum atomic E-state index is 12.3. The zero-order chi connectivity index (χ0) is 17.8. The molecule has 0 heterocycles. The fourth-order valence-electron chi connectivity index (χ4n) is 6.93. The predicted molar refractivity (Wildman–Crippen MR) is 96.0 cm³/mol. The zero-order valence-electron chi connectivity index (χ0n) is 16.0. The van der Waals surface area contributed by atoms with Gasteiger partial charge in [-0.15, -0.1) is 0 Å². The summed E-state index contributed by atoms with van der Waals surface area (Å²) < 4.78 is 22.4. The van der Waals surface area contributed by atoms with E-state index in [1.54, 1.807) is 0 Å². The van der Waals surface area contributed by atoms with Gasteiger partial charge in [-0.05, 0) is 66.6 Å². The molecule has 1 N–H and O–H groups in total. The van der Waals surface area contributed by atoms with E-state index in [4.69, 9.17) is 9.05 Å². The summed E-state index contributed by atoms with van der Waals surface area (Å²) in [5.41, 5.74) is 0.622. The highest BCUT2D eigenvalue weighted by Crippen LogP contribution is 2.71. The minimum absolute atomic E-state index is 0.241. The van der Waals surface area contributed by atoms with E-state index in [9.17, 15) is 9.67 Å². The molecular weight excluding hydrogens is 323 g/mol. The van der Waals surface area contributed by atoms with E-state index in [0.29, 0.717) is 29.8 Å². The van der Waals surface area contributed by atoms with Crippen LogP contribution in [0.25, 0.3) is 0 Å². The molecular formula is C19H35O4P. The van der Waals surface area contributed by atoms with E-state index < -0.39 is 13.7 Å². The number of aliphatic hydroxyl groups is 1. The summed E-state index contributed by atoms with van der Waals surface area (Å²) in [6, 6.07) is 0. The third-order valence-corrected chi connectivity index (χ3v) is 9.80. The molecule has 0 aliphatic heterocycles. The second-order valence-electron chi connectivity index (χ2n) is 9.30. The van der Waals surface area contributed by atoms with E-state index in [-0.39, 0.29) is 5.41 Å². The van der Waals surface area contributed by atoms with Crippen LogP contribution in [0.1, 0.15) is 59.3 Å². The SMILES string of the molecule is COP(=O)(CC[C@@H](O)[C@H]1[C@H]2CC[C@@H]3[C@H]2C(C)(C)CCC[C@]13C)OC. The van der Waals surface area contributed by atoms with Crippen LogP contribution in [0.15, 0.2) is 0 Å². The minimum Gasteiger partial charge on any atom is -0.393 e. The third kappa shape index (κ3) is 2.82. The molecule has 3 aliphatic rings. The standard InChI is InChI=1S/C19H35O4P/c1-18(2)10-6-11-19(3)14-8-7-13(16(14)18)17(19)15(20)9-12-24(21,22-4)23-5/h13-17,20H,6-12H2,1-5H3/t13-,14+,15+,16-,17+,19-/m0/s1. The molecule has 0 amide bonds. The van der Waals surface area contributed by atoms with Crippen molar-refractivity contribution in [3.05, 3.63) is 0 Å². The fourth-order valence-corrected chi connectivity index (χ4v) is 8.02. The van der Waals surface area contributed by atoms with Gasteiger partial charge in [0.2, 0.25) is 0 Å². The lowest BCUT2D eigenvalue weighted by atomic mass is 9.62. The van der Waals surface area contributed by atoms with Crippen molar-refractivity contribution in [2.75, 3.05) is 20.4 Å². The molecule has 3 rings (SSSR count). The van der Waals surface area contributed by atoms with E-state index in [2.05, 4.69) is 20.8 Å². The molecule has 5 heteroatoms. The van der Waals surface area contributed by atoms with Crippen LogP contribution < -0.4 is 0 Å². The van der Waals surface area contributed by atoms with Crippen molar-refractivity contribution in [2.45, 2.75) is 65.4 Å². The third-order valence-electron chi connectivity index (χ3n) is 7.88. The van der Waals surface area contributed by atoms with Crippen molar-refractivity contribution in [3.8, 4) is 0 Å². The average molecular weight is 358 g/mol. The minimum atomic E-state index is -3.04. The van der Waals surface area contributed by atoms with Crippen LogP contribution in [0.4, 0.5) is 0 Å². The van der Waals surface area contributed by atoms with E-state index >= 15 is 0 Å². The molecule has 24 heavy (non-hydrogen) atoms. The van der Waals surface area contributed by atoms with Gasteiger partial charge in [0.05, 0.1) is 12.3 Å². The van der Waals surface area contributed by atoms with E-state index in [1.807, 2.05) is 0 Å². The lowest BCUT2D eigenvalue weighted by Crippen LogP contribution is -2.41. The van der Waals surface area contributed by atoms with Crippen molar-refractivity contribution in [3.63, 3.8) is 0 Å². The maximum absolute atomic E-state index is 12.3. The van der Waals surface area contributed by atoms with Crippen molar-refractivity contribution in [2.24, 2.45) is 34.5 Å². The van der Waals surface area contributed by atoms with Crippen LogP contribution in [0.5, 0.6) is 0 Å². The highest BCUT2D eigenvalue weighted by atomic mass is 31.2. The molecule has 0 radical (unpaired) electrons. The van der Waals surface area contributed by atoms with Gasteiger partial charge in [-0.3, -0.25) is 4.57 Å². The molecule has 3 fully saturated rings. The largest absolute Gasteiger partial charge is 0.393 e. The van der Waals surface area contributed by atoms with E-state index in [1.165, 1.54) is 46.3 Å². The molecule has 0 aromatic heterocycles. The molecule has 4 bridgehead atoms. The van der Waals surface area contributed by atoms with Gasteiger partial charge in [0, 0.05) is 14.2 Å². The summed E-state index contributed by atoms with van der Waals surface area (Å²) in [6.07, 6.45) is 6.79. The lowest BCUT2D eigenvalue weighted by molar-refractivity contribution is -0.0228. The van der Waals surface area contributed by atoms with Crippen LogP contribution in [0.3, 0.4) is 0 Å². The molecule has 6 atom stereocenters. The van der Waals surface area contributed by atoms with Gasteiger partial charge in [0.25, 0.3) is 0 Å². The normalized spacial score (nSPS) is 42.1. The molecule has 0 saturated heterocycles. The second kappa shape index (κ2) is 6.37. The summed E-state index contributed by atoms with van der Waals surface area (Å²) in [4.78, 5) is 0. The van der Waals surface area contributed by atoms with Gasteiger partial charge in [0.15, 0.2) is 0 Å². The van der Waals surface area contributed by atoms with Crippen molar-refractivity contribution < 1.29 is 18.7 Å². The van der Waals surface area contributed by atoms with Crippen LogP contribution in [-0.4, -0.2) is 31.6 Å². The number of hydrogen-bond acceptors (Lipinski definition) is 4. The highest BCUT2D eigenvalue weighted by Gasteiger charge is 2.66. The Labute approximate surface area is 147 Å². The Morgan fingerprint density at radius 1 is 1.17 bits per heavy atom. The number of rotatable bonds is 6. The zero-order valence-corrected chi connectivity index (χ0v) is 16.9. The Morgan fingerprint density at radius 2 is 1.83 bits per heavy atom. The molecule has 4 nitrogen and oxygen atoms in total. The smallest absolute Gasteiger partial charge is 0.330 e. The first kappa shape index (κ1) is 18.9. The predicted octanol–water partition coefficient (Wildman–Crippen LogP) is 4.71. The summed E-state index contributed by atoms with van der Waals surface area (Å²) >= 11 is 0. The summed E-state index contributed by atoms with van der Waals surface area (Å²) in [5.74, 6) is 2.44. The topological polar surface area (TPSA) is 55.8 Å². The Morgan fingerprint density at radius 3 is 2.46 bits per heavy atom. The van der Waals surface area contributed by atoms with Gasteiger partial charge in [-0.2, -0.15) is 0 Å². The Bertz CT molecular complexity index is 511. The quantitative estimate of drug-likeness (QED) is 0.699. The summed E-state index contributed by atoms with van der Waals surface area (Å²) in [6.45, 7) is 7.30. The lowest BCUT2D eigenvalue weighted by Gasteiger charge is -2.44. The van der Waals surface area contributed by atoms with Gasteiger partial charge in [0.1, 0.15) is 0 Å². The Hall–Kier alpha value is 0.110. The molecule has 3 saturated carbocycles. The van der Waals surface area contributed by atoms with E-state index in [0.717, 1.165) is 11.8 Å². The monoisotopic (exact) mass is 358 g/mol. The van der Waals surface area contributed by atoms with Gasteiger partial charge in [-0.1, -0.05) is 27.2 Å². The van der Waals surface area contributed by atoms with Crippen LogP contribution >= 0.6 is 7.60 Å². The Kier molecular flexibility index (Phi) is 5.01. The molecule has 0 aromatic carbocycles. The molecule has 3 aliphatic carbocycles. The second-order valence-corrected chi connectivity index (χ2v) is 11.7. The summed E-state index contributed by atoms with van der Waals surface area (Å²) in [7, 11) is -0.185. The molecule has 0 aromatic rings. The first-order valence-corrected chi connectivity index (χ1v) is 11.3. The first-order chi connectivity index (χ1) is 11.2. The Balaban J connectivity index is 1.80. The van der Waals surface area contributed by atoms with Crippen molar-refractivity contribution >= 4 is 7.60 Å². The number of hydrogen-bond donors (Lipinski definition) is 1. The van der Waals surface area contributed by atoms with Crippen LogP contribution in [-0.2, 0) is 13.6 Å². The average Bonchev–Trinajstić information content (AvgIpc) is 3.04.